The van der Waals surface area contributed by atoms with E-state index in [9.17, 15) is 13.6 Å². The lowest BCUT2D eigenvalue weighted by Gasteiger charge is -2.29. The molecule has 2 saturated heterocycles. The summed E-state index contributed by atoms with van der Waals surface area (Å²) in [6, 6.07) is 2.41. The summed E-state index contributed by atoms with van der Waals surface area (Å²) in [4.78, 5) is 15.8. The molecule has 0 bridgehead atoms. The maximum absolute atomic E-state index is 14.6. The van der Waals surface area contributed by atoms with Crippen molar-refractivity contribution < 1.29 is 18.3 Å². The number of halogens is 2. The van der Waals surface area contributed by atoms with E-state index in [-0.39, 0.29) is 23.8 Å². The first-order valence-electron chi connectivity index (χ1n) is 8.94. The number of amides is 1. The minimum Gasteiger partial charge on any atom is -0.442 e. The van der Waals surface area contributed by atoms with Gasteiger partial charge in [0.15, 0.2) is 11.6 Å². The van der Waals surface area contributed by atoms with E-state index in [1.54, 1.807) is 16.7 Å². The topological polar surface area (TPSA) is 44.8 Å². The second-order valence-electron chi connectivity index (χ2n) is 6.87. The van der Waals surface area contributed by atoms with E-state index < -0.39 is 23.8 Å². The standard InChI is InChI=1S/C18H23F2N3O2S2/c1-11(2)17(26)21-9-13-10-23(18(24)25-13)12-7-14(19)16(15(20)8-12)22-3-5-27-6-4-22/h7-8,11,13H,3-6,9-10H2,1-2H3,(H,21,26)/t13-/m0/s1. The van der Waals surface area contributed by atoms with Crippen LogP contribution in [0.4, 0.5) is 25.0 Å². The SMILES string of the molecule is CC(C)C(=S)NC[C@H]1CN(c2cc(F)c(N3CCSCC3)c(F)c2)C(=O)O1. The van der Waals surface area contributed by atoms with E-state index in [4.69, 9.17) is 17.0 Å². The van der Waals surface area contributed by atoms with Gasteiger partial charge in [-0.25, -0.2) is 13.6 Å². The highest BCUT2D eigenvalue weighted by molar-refractivity contribution is 7.99. The normalized spacial score (nSPS) is 20.2. The lowest BCUT2D eigenvalue weighted by Crippen LogP contribution is -2.36. The summed E-state index contributed by atoms with van der Waals surface area (Å²) in [6.45, 7) is 5.73. The van der Waals surface area contributed by atoms with Gasteiger partial charge in [0.05, 0.1) is 23.8 Å². The van der Waals surface area contributed by atoms with E-state index >= 15 is 0 Å². The fourth-order valence-corrected chi connectivity index (χ4v) is 4.04. The third kappa shape index (κ3) is 4.63. The first-order valence-corrected chi connectivity index (χ1v) is 10.5. The maximum atomic E-state index is 14.6. The number of hydrogen-bond acceptors (Lipinski definition) is 5. The third-order valence-corrected chi connectivity index (χ3v) is 6.10. The molecule has 0 saturated carbocycles. The average Bonchev–Trinajstić information content (AvgIpc) is 3.00. The van der Waals surface area contributed by atoms with E-state index in [2.05, 4.69) is 5.32 Å². The molecule has 0 radical (unpaired) electrons. The van der Waals surface area contributed by atoms with Crippen LogP contribution in [-0.4, -0.2) is 54.9 Å². The van der Waals surface area contributed by atoms with Gasteiger partial charge in [-0.2, -0.15) is 11.8 Å². The van der Waals surface area contributed by atoms with Crippen molar-refractivity contribution in [1.29, 1.82) is 0 Å². The number of thiocarbonyl (C=S) groups is 1. The first kappa shape index (κ1) is 20.1. The van der Waals surface area contributed by atoms with Crippen LogP contribution in [0.5, 0.6) is 0 Å². The molecule has 9 heteroatoms. The molecule has 27 heavy (non-hydrogen) atoms. The fourth-order valence-electron chi connectivity index (χ4n) is 3.05. The number of carbonyl (C=O) groups is 1. The van der Waals surface area contributed by atoms with Crippen molar-refractivity contribution in [2.75, 3.05) is 47.5 Å². The van der Waals surface area contributed by atoms with Crippen LogP contribution < -0.4 is 15.1 Å². The van der Waals surface area contributed by atoms with Crippen molar-refractivity contribution in [2.45, 2.75) is 20.0 Å². The van der Waals surface area contributed by atoms with E-state index in [0.29, 0.717) is 24.6 Å². The van der Waals surface area contributed by atoms with Gasteiger partial charge < -0.3 is 15.0 Å². The molecular weight excluding hydrogens is 392 g/mol. The number of hydrogen-bond donors (Lipinski definition) is 1. The van der Waals surface area contributed by atoms with Gasteiger partial charge in [-0.3, -0.25) is 4.90 Å². The summed E-state index contributed by atoms with van der Waals surface area (Å²) in [5, 5.41) is 3.06. The molecule has 1 N–H and O–H groups in total. The Kier molecular flexibility index (Phi) is 6.41. The summed E-state index contributed by atoms with van der Waals surface area (Å²) in [5.41, 5.74) is 0.145. The minimum atomic E-state index is -0.660. The molecule has 2 aliphatic rings. The van der Waals surface area contributed by atoms with Gasteiger partial charge in [0.25, 0.3) is 0 Å². The molecule has 1 atom stereocenters. The van der Waals surface area contributed by atoms with Gasteiger partial charge in [-0.1, -0.05) is 26.1 Å². The molecule has 1 amide bonds. The number of thioether (sulfide) groups is 1. The lowest BCUT2D eigenvalue weighted by molar-refractivity contribution is 0.143. The zero-order chi connectivity index (χ0) is 19.6. The second-order valence-corrected chi connectivity index (χ2v) is 8.54. The van der Waals surface area contributed by atoms with Crippen LogP contribution >= 0.6 is 24.0 Å². The highest BCUT2D eigenvalue weighted by Gasteiger charge is 2.34. The third-order valence-electron chi connectivity index (χ3n) is 4.54. The van der Waals surface area contributed by atoms with Gasteiger partial charge in [0, 0.05) is 42.6 Å². The monoisotopic (exact) mass is 415 g/mol. The summed E-state index contributed by atoms with van der Waals surface area (Å²) >= 11 is 6.97. The van der Waals surface area contributed by atoms with Crippen LogP contribution in [0.25, 0.3) is 0 Å². The lowest BCUT2D eigenvalue weighted by atomic mass is 10.2. The largest absolute Gasteiger partial charge is 0.442 e. The minimum absolute atomic E-state index is 0.0212. The van der Waals surface area contributed by atoms with E-state index in [0.717, 1.165) is 11.5 Å². The summed E-state index contributed by atoms with van der Waals surface area (Å²) in [5.74, 6) is 0.550. The second kappa shape index (κ2) is 8.60. The van der Waals surface area contributed by atoms with Crippen LogP contribution in [0.15, 0.2) is 12.1 Å². The predicted molar refractivity (Wildman–Crippen MR) is 109 cm³/mol. The van der Waals surface area contributed by atoms with E-state index in [1.165, 1.54) is 17.0 Å². The molecule has 2 aliphatic heterocycles. The Morgan fingerprint density at radius 1 is 1.33 bits per heavy atom. The van der Waals surface area contributed by atoms with Crippen LogP contribution in [0, 0.1) is 17.6 Å². The molecule has 0 unspecified atom stereocenters. The molecule has 148 valence electrons. The number of nitrogens with zero attached hydrogens (tertiary/aromatic N) is 2. The van der Waals surface area contributed by atoms with Gasteiger partial charge in [0.1, 0.15) is 11.8 Å². The number of anilines is 2. The average molecular weight is 416 g/mol. The Labute approximate surface area is 167 Å². The number of ether oxygens (including phenoxy) is 1. The molecule has 2 fully saturated rings. The molecule has 0 spiro atoms. The first-order chi connectivity index (χ1) is 12.9. The van der Waals surface area contributed by atoms with Crippen molar-refractivity contribution in [3.63, 3.8) is 0 Å². The van der Waals surface area contributed by atoms with Crippen molar-refractivity contribution >= 4 is 46.4 Å². The van der Waals surface area contributed by atoms with Crippen LogP contribution in [0.3, 0.4) is 0 Å². The van der Waals surface area contributed by atoms with Crippen molar-refractivity contribution in [1.82, 2.24) is 5.32 Å². The molecule has 0 aromatic heterocycles. The summed E-state index contributed by atoms with van der Waals surface area (Å²) in [7, 11) is 0. The van der Waals surface area contributed by atoms with Crippen LogP contribution in [0.2, 0.25) is 0 Å². The van der Waals surface area contributed by atoms with Crippen LogP contribution in [0.1, 0.15) is 13.8 Å². The Hall–Kier alpha value is -1.61. The van der Waals surface area contributed by atoms with Gasteiger partial charge in [-0.05, 0) is 0 Å². The molecular formula is C18H23F2N3O2S2. The van der Waals surface area contributed by atoms with Crippen molar-refractivity contribution in [3.05, 3.63) is 23.8 Å². The summed E-state index contributed by atoms with van der Waals surface area (Å²) < 4.78 is 34.5. The summed E-state index contributed by atoms with van der Waals surface area (Å²) in [6.07, 6.45) is -1.04. The fraction of sp³-hybridized carbons (Fsp3) is 0.556. The number of carbonyl (C=O) groups excluding carboxylic acids is 1. The van der Waals surface area contributed by atoms with Gasteiger partial charge in [-0.15, -0.1) is 0 Å². The highest BCUT2D eigenvalue weighted by Crippen LogP contribution is 2.32. The smallest absolute Gasteiger partial charge is 0.414 e. The molecule has 2 heterocycles. The Bertz CT molecular complexity index is 704. The highest BCUT2D eigenvalue weighted by atomic mass is 32.2. The number of benzene rings is 1. The quantitative estimate of drug-likeness (QED) is 0.744. The van der Waals surface area contributed by atoms with Gasteiger partial charge >= 0.3 is 6.09 Å². The Morgan fingerprint density at radius 3 is 2.56 bits per heavy atom. The zero-order valence-corrected chi connectivity index (χ0v) is 17.0. The molecule has 5 nitrogen and oxygen atoms in total. The Balaban J connectivity index is 1.70. The molecule has 3 rings (SSSR count). The number of nitrogens with one attached hydrogen (secondary N) is 1. The number of rotatable bonds is 5. The maximum Gasteiger partial charge on any atom is 0.414 e. The molecule has 1 aromatic carbocycles. The number of cyclic esters (lactones) is 1. The van der Waals surface area contributed by atoms with Gasteiger partial charge in [0.2, 0.25) is 0 Å². The molecule has 0 aliphatic carbocycles. The Morgan fingerprint density at radius 2 is 1.96 bits per heavy atom. The van der Waals surface area contributed by atoms with Crippen molar-refractivity contribution in [3.8, 4) is 0 Å². The predicted octanol–water partition coefficient (Wildman–Crippen LogP) is 3.42. The molecule has 1 aromatic rings. The van der Waals surface area contributed by atoms with Crippen molar-refractivity contribution in [2.24, 2.45) is 5.92 Å². The van der Waals surface area contributed by atoms with Crippen LogP contribution in [-0.2, 0) is 4.74 Å². The van der Waals surface area contributed by atoms with E-state index in [1.807, 2.05) is 13.8 Å². The zero-order valence-electron chi connectivity index (χ0n) is 15.3.